The predicted octanol–water partition coefficient (Wildman–Crippen LogP) is 1.31. The lowest BCUT2D eigenvalue weighted by Gasteiger charge is -2.34. The maximum Gasteiger partial charge on any atom is 0.0418 e. The van der Waals surface area contributed by atoms with Crippen molar-refractivity contribution in [1.82, 2.24) is 15.2 Å². The molecule has 2 atom stereocenters. The fourth-order valence-corrected chi connectivity index (χ4v) is 3.49. The van der Waals surface area contributed by atoms with Gasteiger partial charge in [0.25, 0.3) is 0 Å². The first-order valence-electron chi connectivity index (χ1n) is 7.91. The molecule has 118 valence electrons. The van der Waals surface area contributed by atoms with E-state index >= 15 is 0 Å². The van der Waals surface area contributed by atoms with E-state index in [-0.39, 0.29) is 6.04 Å². The summed E-state index contributed by atoms with van der Waals surface area (Å²) in [6.45, 7) is 7.69. The molecule has 21 heavy (non-hydrogen) atoms. The van der Waals surface area contributed by atoms with Crippen LogP contribution in [0.5, 0.6) is 0 Å². The minimum Gasteiger partial charge on any atom is -0.305 e. The van der Waals surface area contributed by atoms with Crippen molar-refractivity contribution in [2.24, 2.45) is 5.84 Å². The van der Waals surface area contributed by atoms with Crippen molar-refractivity contribution in [2.45, 2.75) is 38.8 Å². The van der Waals surface area contributed by atoms with Crippen LogP contribution < -0.4 is 11.3 Å². The fourth-order valence-electron chi connectivity index (χ4n) is 3.49. The van der Waals surface area contributed by atoms with Crippen LogP contribution in [0.3, 0.4) is 0 Å². The van der Waals surface area contributed by atoms with Crippen LogP contribution in [0, 0.1) is 13.8 Å². The molecule has 0 aliphatic carbocycles. The molecule has 0 aromatic heterocycles. The molecule has 1 saturated heterocycles. The van der Waals surface area contributed by atoms with Gasteiger partial charge in [-0.05, 0) is 59.4 Å². The van der Waals surface area contributed by atoms with Crippen molar-refractivity contribution in [3.63, 3.8) is 0 Å². The standard InChI is InChI=1S/C17H30N4/c1-13-8-14(2)10-15(9-13)11-16(19-18)17-12-20(3)6-5-7-21(17)4/h8-10,16-17,19H,5-7,11-12,18H2,1-4H3. The number of nitrogens with zero attached hydrogens (tertiary/aromatic N) is 2. The number of aryl methyl sites for hydroxylation is 2. The van der Waals surface area contributed by atoms with Gasteiger partial charge in [-0.3, -0.25) is 11.3 Å². The predicted molar refractivity (Wildman–Crippen MR) is 89.3 cm³/mol. The van der Waals surface area contributed by atoms with Gasteiger partial charge in [0.2, 0.25) is 0 Å². The molecule has 2 rings (SSSR count). The second kappa shape index (κ2) is 7.36. The van der Waals surface area contributed by atoms with E-state index in [9.17, 15) is 0 Å². The largest absolute Gasteiger partial charge is 0.305 e. The Kier molecular flexibility index (Phi) is 5.76. The number of likely N-dealkylation sites (N-methyl/N-ethyl adjacent to an activating group) is 2. The topological polar surface area (TPSA) is 44.5 Å². The summed E-state index contributed by atoms with van der Waals surface area (Å²) in [6.07, 6.45) is 2.20. The summed E-state index contributed by atoms with van der Waals surface area (Å²) < 4.78 is 0. The molecule has 0 bridgehead atoms. The van der Waals surface area contributed by atoms with E-state index in [0.717, 1.165) is 19.5 Å². The maximum absolute atomic E-state index is 5.89. The van der Waals surface area contributed by atoms with Crippen molar-refractivity contribution in [1.29, 1.82) is 0 Å². The van der Waals surface area contributed by atoms with Gasteiger partial charge in [-0.25, -0.2) is 0 Å². The molecule has 1 aliphatic rings. The van der Waals surface area contributed by atoms with Crippen molar-refractivity contribution < 1.29 is 0 Å². The molecule has 1 aromatic rings. The quantitative estimate of drug-likeness (QED) is 0.648. The summed E-state index contributed by atoms with van der Waals surface area (Å²) in [5.74, 6) is 5.89. The Morgan fingerprint density at radius 2 is 1.86 bits per heavy atom. The summed E-state index contributed by atoms with van der Waals surface area (Å²) in [6, 6.07) is 7.50. The second-order valence-electron chi connectivity index (χ2n) is 6.64. The molecule has 0 saturated carbocycles. The van der Waals surface area contributed by atoms with Crippen molar-refractivity contribution in [3.8, 4) is 0 Å². The number of nitrogens with two attached hydrogens (primary N) is 1. The molecule has 1 fully saturated rings. The zero-order valence-electron chi connectivity index (χ0n) is 13.9. The molecular formula is C17H30N4. The lowest BCUT2D eigenvalue weighted by molar-refractivity contribution is 0.177. The van der Waals surface area contributed by atoms with E-state index in [1.165, 1.54) is 29.7 Å². The molecule has 3 N–H and O–H groups in total. The lowest BCUT2D eigenvalue weighted by atomic mass is 9.96. The van der Waals surface area contributed by atoms with E-state index in [4.69, 9.17) is 5.84 Å². The summed E-state index contributed by atoms with van der Waals surface area (Å²) in [4.78, 5) is 4.87. The normalized spacial score (nSPS) is 23.0. The Morgan fingerprint density at radius 3 is 2.48 bits per heavy atom. The monoisotopic (exact) mass is 290 g/mol. The van der Waals surface area contributed by atoms with E-state index in [2.05, 4.69) is 61.4 Å². The molecule has 2 unspecified atom stereocenters. The van der Waals surface area contributed by atoms with Crippen LogP contribution in [-0.2, 0) is 6.42 Å². The van der Waals surface area contributed by atoms with E-state index in [0.29, 0.717) is 6.04 Å². The highest BCUT2D eigenvalue weighted by Gasteiger charge is 2.28. The van der Waals surface area contributed by atoms with Gasteiger partial charge in [0.05, 0.1) is 0 Å². The van der Waals surface area contributed by atoms with Gasteiger partial charge >= 0.3 is 0 Å². The number of hydrogen-bond acceptors (Lipinski definition) is 4. The van der Waals surface area contributed by atoms with Crippen LogP contribution >= 0.6 is 0 Å². The van der Waals surface area contributed by atoms with Crippen LogP contribution in [0.4, 0.5) is 0 Å². The summed E-state index contributed by atoms with van der Waals surface area (Å²) >= 11 is 0. The Hall–Kier alpha value is -0.940. The molecule has 1 aromatic carbocycles. The average Bonchev–Trinajstić information content (AvgIpc) is 2.57. The molecule has 4 nitrogen and oxygen atoms in total. The second-order valence-corrected chi connectivity index (χ2v) is 6.64. The summed E-state index contributed by atoms with van der Waals surface area (Å²) in [5, 5.41) is 0. The third-order valence-electron chi connectivity index (χ3n) is 4.53. The molecule has 0 spiro atoms. The summed E-state index contributed by atoms with van der Waals surface area (Å²) in [5.41, 5.74) is 7.09. The number of nitrogens with one attached hydrogen (secondary N) is 1. The number of rotatable bonds is 4. The minimum absolute atomic E-state index is 0.275. The van der Waals surface area contributed by atoms with Gasteiger partial charge in [-0.2, -0.15) is 0 Å². The zero-order valence-corrected chi connectivity index (χ0v) is 13.9. The van der Waals surface area contributed by atoms with Gasteiger partial charge in [0, 0.05) is 18.6 Å². The SMILES string of the molecule is Cc1cc(C)cc(CC(NN)C2CN(C)CCCN2C)c1. The highest BCUT2D eigenvalue weighted by molar-refractivity contribution is 5.29. The molecule has 1 heterocycles. The third kappa shape index (κ3) is 4.51. The average molecular weight is 290 g/mol. The first kappa shape index (κ1) is 16.4. The smallest absolute Gasteiger partial charge is 0.0418 e. The van der Waals surface area contributed by atoms with Gasteiger partial charge in [-0.15, -0.1) is 0 Å². The summed E-state index contributed by atoms with van der Waals surface area (Å²) in [7, 11) is 4.42. The Morgan fingerprint density at radius 1 is 1.19 bits per heavy atom. The highest BCUT2D eigenvalue weighted by atomic mass is 15.3. The highest BCUT2D eigenvalue weighted by Crippen LogP contribution is 2.16. The molecule has 0 radical (unpaired) electrons. The van der Waals surface area contributed by atoms with Crippen molar-refractivity contribution >= 4 is 0 Å². The van der Waals surface area contributed by atoms with Crippen LogP contribution in [0.15, 0.2) is 18.2 Å². The number of hydrogen-bond donors (Lipinski definition) is 2. The number of benzene rings is 1. The van der Waals surface area contributed by atoms with Gasteiger partial charge < -0.3 is 9.80 Å². The zero-order chi connectivity index (χ0) is 15.4. The third-order valence-corrected chi connectivity index (χ3v) is 4.53. The van der Waals surface area contributed by atoms with Crippen LogP contribution in [-0.4, -0.2) is 55.6 Å². The number of hydrazine groups is 1. The van der Waals surface area contributed by atoms with E-state index in [1.54, 1.807) is 0 Å². The van der Waals surface area contributed by atoms with Crippen molar-refractivity contribution in [3.05, 3.63) is 34.9 Å². The van der Waals surface area contributed by atoms with Crippen LogP contribution in [0.25, 0.3) is 0 Å². The van der Waals surface area contributed by atoms with E-state index < -0.39 is 0 Å². The van der Waals surface area contributed by atoms with Crippen LogP contribution in [0.1, 0.15) is 23.1 Å². The Labute approximate surface area is 129 Å². The molecule has 4 heteroatoms. The van der Waals surface area contributed by atoms with Crippen LogP contribution in [0.2, 0.25) is 0 Å². The minimum atomic E-state index is 0.275. The lowest BCUT2D eigenvalue weighted by Crippen LogP contribution is -2.55. The van der Waals surface area contributed by atoms with Gasteiger partial charge in [-0.1, -0.05) is 29.3 Å². The first-order valence-corrected chi connectivity index (χ1v) is 7.91. The van der Waals surface area contributed by atoms with Crippen molar-refractivity contribution in [2.75, 3.05) is 33.7 Å². The van der Waals surface area contributed by atoms with Gasteiger partial charge in [0.15, 0.2) is 0 Å². The maximum atomic E-state index is 5.89. The Bertz CT molecular complexity index is 440. The fraction of sp³-hybridized carbons (Fsp3) is 0.647. The Balaban J connectivity index is 2.13. The molecule has 0 amide bonds. The first-order chi connectivity index (χ1) is 9.99. The van der Waals surface area contributed by atoms with E-state index in [1.807, 2.05) is 0 Å². The van der Waals surface area contributed by atoms with Gasteiger partial charge in [0.1, 0.15) is 0 Å². The molecule has 1 aliphatic heterocycles. The molecular weight excluding hydrogens is 260 g/mol.